The van der Waals surface area contributed by atoms with E-state index in [2.05, 4.69) is 35.1 Å². The summed E-state index contributed by atoms with van der Waals surface area (Å²) < 4.78 is 0.878. The smallest absolute Gasteiger partial charge is 0.253 e. The van der Waals surface area contributed by atoms with Crippen LogP contribution in [0.15, 0.2) is 22.7 Å². The molecule has 1 atom stereocenters. The van der Waals surface area contributed by atoms with Crippen LogP contribution < -0.4 is 11.1 Å². The van der Waals surface area contributed by atoms with Gasteiger partial charge in [-0.05, 0) is 24.1 Å². The predicted octanol–water partition coefficient (Wildman–Crippen LogP) is 2.81. The average molecular weight is 285 g/mol. The van der Waals surface area contributed by atoms with Crippen molar-refractivity contribution in [1.29, 1.82) is 0 Å². The molecule has 1 unspecified atom stereocenters. The molecule has 0 aromatic heterocycles. The molecule has 3 nitrogen and oxygen atoms in total. The van der Waals surface area contributed by atoms with E-state index < -0.39 is 0 Å². The molecule has 0 aliphatic heterocycles. The van der Waals surface area contributed by atoms with Crippen LogP contribution >= 0.6 is 15.9 Å². The number of carbonyl (C=O) groups excluding carboxylic acids is 1. The van der Waals surface area contributed by atoms with Gasteiger partial charge >= 0.3 is 0 Å². The molecule has 0 fully saturated rings. The Morgan fingerprint density at radius 3 is 2.81 bits per heavy atom. The molecule has 16 heavy (non-hydrogen) atoms. The SMILES string of the molecule is CCC(C)CNC(=O)c1ccc(Br)cc1N. The summed E-state index contributed by atoms with van der Waals surface area (Å²) in [6.45, 7) is 4.89. The van der Waals surface area contributed by atoms with Crippen LogP contribution in [0.3, 0.4) is 0 Å². The summed E-state index contributed by atoms with van der Waals surface area (Å²) in [6.07, 6.45) is 1.05. The van der Waals surface area contributed by atoms with Crippen LogP contribution in [0.5, 0.6) is 0 Å². The Kier molecular flexibility index (Phi) is 4.80. The van der Waals surface area contributed by atoms with Crippen molar-refractivity contribution in [2.75, 3.05) is 12.3 Å². The summed E-state index contributed by atoms with van der Waals surface area (Å²) in [6, 6.07) is 5.28. The van der Waals surface area contributed by atoms with Crippen molar-refractivity contribution in [3.05, 3.63) is 28.2 Å². The van der Waals surface area contributed by atoms with Crippen LogP contribution in [0.1, 0.15) is 30.6 Å². The van der Waals surface area contributed by atoms with E-state index in [1.807, 2.05) is 6.07 Å². The number of hydrogen-bond acceptors (Lipinski definition) is 2. The van der Waals surface area contributed by atoms with Gasteiger partial charge in [0.05, 0.1) is 5.56 Å². The van der Waals surface area contributed by atoms with Crippen molar-refractivity contribution in [1.82, 2.24) is 5.32 Å². The van der Waals surface area contributed by atoms with Gasteiger partial charge in [0.25, 0.3) is 5.91 Å². The van der Waals surface area contributed by atoms with Crippen molar-refractivity contribution < 1.29 is 4.79 Å². The van der Waals surface area contributed by atoms with Gasteiger partial charge in [-0.3, -0.25) is 4.79 Å². The first-order chi connectivity index (χ1) is 7.54. The van der Waals surface area contributed by atoms with Gasteiger partial charge in [-0.25, -0.2) is 0 Å². The lowest BCUT2D eigenvalue weighted by Gasteiger charge is -2.11. The highest BCUT2D eigenvalue weighted by Crippen LogP contribution is 2.18. The number of nitrogen functional groups attached to an aromatic ring is 1. The molecule has 0 aliphatic carbocycles. The third-order valence-electron chi connectivity index (χ3n) is 2.57. The maximum Gasteiger partial charge on any atom is 0.253 e. The number of anilines is 1. The molecule has 0 bridgehead atoms. The van der Waals surface area contributed by atoms with Crippen molar-refractivity contribution in [3.63, 3.8) is 0 Å². The van der Waals surface area contributed by atoms with Gasteiger partial charge in [0.2, 0.25) is 0 Å². The number of nitrogens with one attached hydrogen (secondary N) is 1. The summed E-state index contributed by atoms with van der Waals surface area (Å²) in [5, 5.41) is 2.88. The largest absolute Gasteiger partial charge is 0.398 e. The maximum atomic E-state index is 11.8. The van der Waals surface area contributed by atoms with Gasteiger partial charge in [-0.1, -0.05) is 36.2 Å². The van der Waals surface area contributed by atoms with E-state index in [4.69, 9.17) is 5.73 Å². The minimum atomic E-state index is -0.106. The summed E-state index contributed by atoms with van der Waals surface area (Å²) in [5.41, 5.74) is 6.80. The number of halogens is 1. The first-order valence-corrected chi connectivity index (χ1v) is 6.17. The van der Waals surface area contributed by atoms with Crippen molar-refractivity contribution in [3.8, 4) is 0 Å². The fraction of sp³-hybridized carbons (Fsp3) is 0.417. The first-order valence-electron chi connectivity index (χ1n) is 5.37. The molecule has 3 N–H and O–H groups in total. The van der Waals surface area contributed by atoms with Crippen molar-refractivity contribution >= 4 is 27.5 Å². The van der Waals surface area contributed by atoms with Gasteiger partial charge in [0.1, 0.15) is 0 Å². The number of rotatable bonds is 4. The van der Waals surface area contributed by atoms with Crippen LogP contribution in [0.4, 0.5) is 5.69 Å². The van der Waals surface area contributed by atoms with Crippen LogP contribution in [-0.2, 0) is 0 Å². The molecule has 0 spiro atoms. The van der Waals surface area contributed by atoms with Crippen LogP contribution in [-0.4, -0.2) is 12.5 Å². The molecule has 0 radical (unpaired) electrons. The minimum absolute atomic E-state index is 0.106. The topological polar surface area (TPSA) is 55.1 Å². The van der Waals surface area contributed by atoms with E-state index >= 15 is 0 Å². The van der Waals surface area contributed by atoms with Gasteiger partial charge in [0.15, 0.2) is 0 Å². The second-order valence-corrected chi connectivity index (χ2v) is 4.87. The Balaban J connectivity index is 2.66. The Morgan fingerprint density at radius 2 is 2.25 bits per heavy atom. The first kappa shape index (κ1) is 13.0. The summed E-state index contributed by atoms with van der Waals surface area (Å²) in [5.74, 6) is 0.380. The number of carbonyl (C=O) groups is 1. The predicted molar refractivity (Wildman–Crippen MR) is 70.3 cm³/mol. The monoisotopic (exact) mass is 284 g/mol. The lowest BCUT2D eigenvalue weighted by Crippen LogP contribution is -2.28. The summed E-state index contributed by atoms with van der Waals surface area (Å²) >= 11 is 3.31. The standard InChI is InChI=1S/C12H17BrN2O/c1-3-8(2)7-15-12(16)10-5-4-9(13)6-11(10)14/h4-6,8H,3,7,14H2,1-2H3,(H,15,16). The van der Waals surface area contributed by atoms with Gasteiger partial charge in [-0.2, -0.15) is 0 Å². The highest BCUT2D eigenvalue weighted by molar-refractivity contribution is 9.10. The second-order valence-electron chi connectivity index (χ2n) is 3.96. The van der Waals surface area contributed by atoms with E-state index in [9.17, 15) is 4.79 Å². The molecule has 1 aromatic carbocycles. The number of benzene rings is 1. The van der Waals surface area contributed by atoms with Gasteiger partial charge in [0, 0.05) is 16.7 Å². The van der Waals surface area contributed by atoms with E-state index in [-0.39, 0.29) is 5.91 Å². The lowest BCUT2D eigenvalue weighted by atomic mass is 10.1. The number of nitrogens with two attached hydrogens (primary N) is 1. The fourth-order valence-electron chi connectivity index (χ4n) is 1.25. The number of hydrogen-bond donors (Lipinski definition) is 2. The Morgan fingerprint density at radius 1 is 1.56 bits per heavy atom. The third-order valence-corrected chi connectivity index (χ3v) is 3.06. The molecule has 0 saturated heterocycles. The summed E-state index contributed by atoms with van der Waals surface area (Å²) in [4.78, 5) is 11.8. The maximum absolute atomic E-state index is 11.8. The Bertz CT molecular complexity index is 379. The Labute approximate surface area is 105 Å². The van der Waals surface area contributed by atoms with Gasteiger partial charge < -0.3 is 11.1 Å². The molecule has 4 heteroatoms. The average Bonchev–Trinajstić information content (AvgIpc) is 2.25. The minimum Gasteiger partial charge on any atom is -0.398 e. The fourth-order valence-corrected chi connectivity index (χ4v) is 1.63. The van der Waals surface area contributed by atoms with E-state index in [1.54, 1.807) is 12.1 Å². The molecule has 88 valence electrons. The second kappa shape index (κ2) is 5.89. The molecule has 1 amide bonds. The molecule has 1 rings (SSSR count). The van der Waals surface area contributed by atoms with Crippen molar-refractivity contribution in [2.45, 2.75) is 20.3 Å². The molecular weight excluding hydrogens is 268 g/mol. The zero-order valence-electron chi connectivity index (χ0n) is 9.59. The van der Waals surface area contributed by atoms with E-state index in [0.717, 1.165) is 10.9 Å². The molecule has 0 heterocycles. The van der Waals surface area contributed by atoms with Crippen molar-refractivity contribution in [2.24, 2.45) is 5.92 Å². The highest BCUT2D eigenvalue weighted by atomic mass is 79.9. The lowest BCUT2D eigenvalue weighted by molar-refractivity contribution is 0.0948. The number of amides is 1. The van der Waals surface area contributed by atoms with E-state index in [0.29, 0.717) is 23.7 Å². The van der Waals surface area contributed by atoms with Crippen LogP contribution in [0, 0.1) is 5.92 Å². The summed E-state index contributed by atoms with van der Waals surface area (Å²) in [7, 11) is 0. The highest BCUT2D eigenvalue weighted by Gasteiger charge is 2.10. The van der Waals surface area contributed by atoms with Crippen LogP contribution in [0.2, 0.25) is 0 Å². The normalized spacial score (nSPS) is 12.2. The molecular formula is C12H17BrN2O. The Hall–Kier alpha value is -1.03. The molecule has 1 aromatic rings. The zero-order chi connectivity index (χ0) is 12.1. The molecule has 0 aliphatic rings. The third kappa shape index (κ3) is 3.52. The molecule has 0 saturated carbocycles. The van der Waals surface area contributed by atoms with Gasteiger partial charge in [-0.15, -0.1) is 0 Å². The van der Waals surface area contributed by atoms with E-state index in [1.165, 1.54) is 0 Å². The van der Waals surface area contributed by atoms with Crippen LogP contribution in [0.25, 0.3) is 0 Å². The quantitative estimate of drug-likeness (QED) is 0.836. The zero-order valence-corrected chi connectivity index (χ0v) is 11.2.